The van der Waals surface area contributed by atoms with Crippen LogP contribution in [0.3, 0.4) is 0 Å². The van der Waals surface area contributed by atoms with Crippen LogP contribution in [-0.2, 0) is 14.3 Å². The van der Waals surface area contributed by atoms with E-state index in [9.17, 15) is 14.7 Å². The van der Waals surface area contributed by atoms with Gasteiger partial charge >= 0.3 is 12.0 Å². The maximum Gasteiger partial charge on any atom is 0.329 e. The van der Waals surface area contributed by atoms with Crippen LogP contribution in [0.15, 0.2) is 0 Å². The molecule has 1 atom stereocenters. The van der Waals surface area contributed by atoms with Crippen molar-refractivity contribution in [2.75, 3.05) is 27.4 Å². The van der Waals surface area contributed by atoms with Crippen molar-refractivity contribution in [3.05, 3.63) is 0 Å². The minimum Gasteiger partial charge on any atom is -0.480 e. The van der Waals surface area contributed by atoms with Gasteiger partial charge in [0.05, 0.1) is 12.7 Å². The van der Waals surface area contributed by atoms with Crippen molar-refractivity contribution in [1.82, 2.24) is 10.6 Å². The Hall–Kier alpha value is -1.34. The minimum atomic E-state index is -1.15. The van der Waals surface area contributed by atoms with E-state index in [1.165, 1.54) is 7.11 Å². The fourth-order valence-corrected chi connectivity index (χ4v) is 2.59. The van der Waals surface area contributed by atoms with Gasteiger partial charge in [-0.25, -0.2) is 9.59 Å². The number of aliphatic carboxylic acids is 1. The molecule has 0 aliphatic heterocycles. The van der Waals surface area contributed by atoms with Gasteiger partial charge in [0.1, 0.15) is 5.54 Å². The Kier molecular flexibility index (Phi) is 7.45. The number of ether oxygens (including phenoxy) is 2. The van der Waals surface area contributed by atoms with Gasteiger partial charge in [0.25, 0.3) is 0 Å². The fraction of sp³-hybridized carbons (Fsp3) is 0.857. The van der Waals surface area contributed by atoms with Crippen molar-refractivity contribution in [2.24, 2.45) is 0 Å². The second-order valence-corrected chi connectivity index (χ2v) is 5.45. The van der Waals surface area contributed by atoms with E-state index < -0.39 is 17.5 Å². The van der Waals surface area contributed by atoms with Crippen LogP contribution in [0.25, 0.3) is 0 Å². The Bertz CT molecular complexity index is 340. The van der Waals surface area contributed by atoms with E-state index in [2.05, 4.69) is 10.6 Å². The molecule has 0 spiro atoms. The number of carbonyl (C=O) groups is 2. The van der Waals surface area contributed by atoms with Crippen LogP contribution in [0.5, 0.6) is 0 Å². The highest BCUT2D eigenvalue weighted by atomic mass is 16.5. The molecule has 0 aromatic carbocycles. The van der Waals surface area contributed by atoms with E-state index in [1.54, 1.807) is 7.11 Å². The second kappa shape index (κ2) is 8.84. The molecule has 1 fully saturated rings. The number of hydrogen-bond donors (Lipinski definition) is 3. The first-order valence-electron chi connectivity index (χ1n) is 7.35. The minimum absolute atomic E-state index is 0.254. The lowest BCUT2D eigenvalue weighted by molar-refractivity contribution is -0.145. The molecule has 0 bridgehead atoms. The first-order valence-corrected chi connectivity index (χ1v) is 7.35. The normalized spacial score (nSPS) is 19.3. The summed E-state index contributed by atoms with van der Waals surface area (Å²) in [6.45, 7) is 0.632. The van der Waals surface area contributed by atoms with Crippen LogP contribution in [-0.4, -0.2) is 56.1 Å². The van der Waals surface area contributed by atoms with Gasteiger partial charge in [-0.05, 0) is 12.8 Å². The Morgan fingerprint density at radius 3 is 2.29 bits per heavy atom. The summed E-state index contributed by atoms with van der Waals surface area (Å²) >= 11 is 0. The highest BCUT2D eigenvalue weighted by Crippen LogP contribution is 2.27. The molecule has 0 heterocycles. The molecule has 0 aromatic heterocycles. The molecule has 1 rings (SSSR count). The number of rotatable bonds is 7. The van der Waals surface area contributed by atoms with Gasteiger partial charge in [0.2, 0.25) is 0 Å². The van der Waals surface area contributed by atoms with E-state index >= 15 is 0 Å². The van der Waals surface area contributed by atoms with Crippen LogP contribution in [0.1, 0.15) is 38.5 Å². The predicted molar refractivity (Wildman–Crippen MR) is 77.3 cm³/mol. The van der Waals surface area contributed by atoms with Gasteiger partial charge in [0, 0.05) is 20.8 Å². The molecule has 0 aromatic rings. The smallest absolute Gasteiger partial charge is 0.329 e. The number of methoxy groups -OCH3 is 2. The van der Waals surface area contributed by atoms with E-state index in [-0.39, 0.29) is 12.6 Å². The maximum atomic E-state index is 12.0. The zero-order chi connectivity index (χ0) is 15.7. The maximum absolute atomic E-state index is 12.0. The zero-order valence-electron chi connectivity index (χ0n) is 12.8. The van der Waals surface area contributed by atoms with Crippen LogP contribution < -0.4 is 10.6 Å². The van der Waals surface area contributed by atoms with Crippen molar-refractivity contribution in [2.45, 2.75) is 50.2 Å². The first-order chi connectivity index (χ1) is 10.0. The fourth-order valence-electron chi connectivity index (χ4n) is 2.59. The Balaban J connectivity index is 2.54. The lowest BCUT2D eigenvalue weighted by atomic mass is 9.90. The summed E-state index contributed by atoms with van der Waals surface area (Å²) in [5.74, 6) is -0.959. The average molecular weight is 302 g/mol. The van der Waals surface area contributed by atoms with Crippen LogP contribution in [0.2, 0.25) is 0 Å². The van der Waals surface area contributed by atoms with E-state index in [4.69, 9.17) is 9.47 Å². The molecule has 1 aliphatic rings. The van der Waals surface area contributed by atoms with Gasteiger partial charge < -0.3 is 25.2 Å². The van der Waals surface area contributed by atoms with Crippen LogP contribution in [0, 0.1) is 0 Å². The van der Waals surface area contributed by atoms with Gasteiger partial charge in [-0.1, -0.05) is 25.7 Å². The average Bonchev–Trinajstić information content (AvgIpc) is 2.70. The van der Waals surface area contributed by atoms with Crippen molar-refractivity contribution in [3.8, 4) is 0 Å². The largest absolute Gasteiger partial charge is 0.480 e. The molecule has 7 nitrogen and oxygen atoms in total. The molecule has 122 valence electrons. The number of carboxylic acid groups (broad SMARTS) is 1. The lowest BCUT2D eigenvalue weighted by Gasteiger charge is -2.29. The Morgan fingerprint density at radius 1 is 1.19 bits per heavy atom. The lowest BCUT2D eigenvalue weighted by Crippen LogP contribution is -2.57. The first kappa shape index (κ1) is 17.7. The zero-order valence-corrected chi connectivity index (χ0v) is 12.8. The summed E-state index contributed by atoms with van der Waals surface area (Å²) in [4.78, 5) is 23.6. The number of hydrogen-bond acceptors (Lipinski definition) is 4. The third kappa shape index (κ3) is 5.51. The molecule has 1 saturated carbocycles. The molecule has 21 heavy (non-hydrogen) atoms. The second-order valence-electron chi connectivity index (χ2n) is 5.45. The topological polar surface area (TPSA) is 96.9 Å². The van der Waals surface area contributed by atoms with E-state index in [0.29, 0.717) is 19.4 Å². The molecule has 1 aliphatic carbocycles. The molecular weight excluding hydrogens is 276 g/mol. The SMILES string of the molecule is COCC(CNC(=O)NC1(C(=O)O)CCCCCC1)OC. The Labute approximate surface area is 125 Å². The summed E-state index contributed by atoms with van der Waals surface area (Å²) in [5, 5.41) is 14.8. The van der Waals surface area contributed by atoms with Crippen LogP contribution >= 0.6 is 0 Å². The molecule has 0 saturated heterocycles. The highest BCUT2D eigenvalue weighted by Gasteiger charge is 2.40. The summed E-state index contributed by atoms with van der Waals surface area (Å²) in [6.07, 6.45) is 4.35. The monoisotopic (exact) mass is 302 g/mol. The quantitative estimate of drug-likeness (QED) is 0.612. The Morgan fingerprint density at radius 2 is 1.81 bits per heavy atom. The summed E-state index contributed by atoms with van der Waals surface area (Å²) in [5.41, 5.74) is -1.15. The third-order valence-corrected chi connectivity index (χ3v) is 3.90. The number of carbonyl (C=O) groups excluding carboxylic acids is 1. The summed E-state index contributed by atoms with van der Waals surface area (Å²) in [6, 6.07) is -0.475. The van der Waals surface area contributed by atoms with Crippen LogP contribution in [0.4, 0.5) is 4.79 Å². The van der Waals surface area contributed by atoms with Gasteiger partial charge in [0.15, 0.2) is 0 Å². The molecule has 1 unspecified atom stereocenters. The summed E-state index contributed by atoms with van der Waals surface area (Å²) in [7, 11) is 3.09. The van der Waals surface area contributed by atoms with Crippen molar-refractivity contribution < 1.29 is 24.2 Å². The number of carboxylic acids is 1. The third-order valence-electron chi connectivity index (χ3n) is 3.90. The standard InChI is InChI=1S/C14H26N2O5/c1-20-10-11(21-2)9-15-13(19)16-14(12(17)18)7-5-3-4-6-8-14/h11H,3-10H2,1-2H3,(H,17,18)(H2,15,16,19). The molecule has 0 radical (unpaired) electrons. The molecular formula is C14H26N2O5. The van der Waals surface area contributed by atoms with Crippen molar-refractivity contribution >= 4 is 12.0 Å². The molecule has 7 heteroatoms. The highest BCUT2D eigenvalue weighted by molar-refractivity contribution is 5.86. The molecule has 3 N–H and O–H groups in total. The number of amides is 2. The number of urea groups is 1. The van der Waals surface area contributed by atoms with Gasteiger partial charge in [-0.15, -0.1) is 0 Å². The van der Waals surface area contributed by atoms with Crippen molar-refractivity contribution in [3.63, 3.8) is 0 Å². The summed E-state index contributed by atoms with van der Waals surface area (Å²) < 4.78 is 10.1. The van der Waals surface area contributed by atoms with Gasteiger partial charge in [-0.3, -0.25) is 0 Å². The predicted octanol–water partition coefficient (Wildman–Crippen LogP) is 1.12. The van der Waals surface area contributed by atoms with E-state index in [0.717, 1.165) is 25.7 Å². The van der Waals surface area contributed by atoms with Gasteiger partial charge in [-0.2, -0.15) is 0 Å². The number of nitrogens with one attached hydrogen (secondary N) is 2. The van der Waals surface area contributed by atoms with E-state index in [1.807, 2.05) is 0 Å². The molecule has 2 amide bonds. The van der Waals surface area contributed by atoms with Crippen molar-refractivity contribution in [1.29, 1.82) is 0 Å².